The quantitative estimate of drug-likeness (QED) is 0.839. The van der Waals surface area contributed by atoms with Gasteiger partial charge in [-0.15, -0.1) is 0 Å². The fourth-order valence-electron chi connectivity index (χ4n) is 2.41. The molecular weight excluding hydrogens is 338 g/mol. The average Bonchev–Trinajstić information content (AvgIpc) is 2.51. The Morgan fingerprint density at radius 1 is 1.22 bits per heavy atom. The third-order valence-electron chi connectivity index (χ3n) is 3.63. The smallest absolute Gasteiger partial charge is 0.282 e. The maximum Gasteiger partial charge on any atom is 0.282 e. The second kappa shape index (κ2) is 8.10. The van der Waals surface area contributed by atoms with Gasteiger partial charge in [-0.3, -0.25) is 4.79 Å². The Bertz CT molecular complexity index is 634. The lowest BCUT2D eigenvalue weighted by Crippen LogP contribution is -2.52. The first-order valence-electron chi connectivity index (χ1n) is 7.70. The van der Waals surface area contributed by atoms with E-state index < -0.39 is 10.2 Å². The molecule has 1 aromatic rings. The summed E-state index contributed by atoms with van der Waals surface area (Å²) in [4.78, 5) is 11.8. The van der Waals surface area contributed by atoms with Gasteiger partial charge in [-0.1, -0.05) is 30.7 Å². The van der Waals surface area contributed by atoms with Crippen molar-refractivity contribution in [2.24, 2.45) is 0 Å². The minimum absolute atomic E-state index is 0.126. The van der Waals surface area contributed by atoms with Crippen LogP contribution in [0.25, 0.3) is 0 Å². The lowest BCUT2D eigenvalue weighted by Gasteiger charge is -2.34. The van der Waals surface area contributed by atoms with E-state index in [0.717, 1.165) is 12.0 Å². The minimum Gasteiger partial charge on any atom is -0.355 e. The van der Waals surface area contributed by atoms with E-state index in [2.05, 4.69) is 5.32 Å². The Balaban J connectivity index is 2.04. The van der Waals surface area contributed by atoms with E-state index in [1.54, 1.807) is 12.1 Å². The Morgan fingerprint density at radius 2 is 1.87 bits per heavy atom. The van der Waals surface area contributed by atoms with E-state index >= 15 is 0 Å². The van der Waals surface area contributed by atoms with Gasteiger partial charge in [0.25, 0.3) is 10.2 Å². The van der Waals surface area contributed by atoms with E-state index in [0.29, 0.717) is 31.1 Å². The van der Waals surface area contributed by atoms with E-state index in [-0.39, 0.29) is 19.0 Å². The highest BCUT2D eigenvalue weighted by Gasteiger charge is 2.34. The molecule has 0 unspecified atom stereocenters. The lowest BCUT2D eigenvalue weighted by atomic mass is 10.2. The van der Waals surface area contributed by atoms with Crippen molar-refractivity contribution in [1.82, 2.24) is 13.9 Å². The molecule has 128 valence electrons. The second-order valence-corrected chi connectivity index (χ2v) is 7.87. The zero-order chi connectivity index (χ0) is 16.9. The first-order valence-corrected chi connectivity index (χ1v) is 9.47. The summed E-state index contributed by atoms with van der Waals surface area (Å²) in [5, 5.41) is 3.33. The summed E-state index contributed by atoms with van der Waals surface area (Å²) in [6, 6.07) is 7.10. The Hall–Kier alpha value is -1.15. The van der Waals surface area contributed by atoms with Crippen molar-refractivity contribution in [1.29, 1.82) is 0 Å². The molecule has 1 amide bonds. The minimum atomic E-state index is -3.62. The van der Waals surface area contributed by atoms with Gasteiger partial charge in [-0.05, 0) is 30.5 Å². The molecule has 1 aromatic carbocycles. The van der Waals surface area contributed by atoms with Gasteiger partial charge in [0.15, 0.2) is 0 Å². The summed E-state index contributed by atoms with van der Waals surface area (Å²) in [6.07, 6.45) is 1.52. The highest BCUT2D eigenvalue weighted by Crippen LogP contribution is 2.20. The van der Waals surface area contributed by atoms with Gasteiger partial charge >= 0.3 is 0 Å². The van der Waals surface area contributed by atoms with E-state index in [4.69, 9.17) is 11.6 Å². The van der Waals surface area contributed by atoms with Crippen LogP contribution in [0.5, 0.6) is 0 Å². The molecule has 1 saturated heterocycles. The summed E-state index contributed by atoms with van der Waals surface area (Å²) >= 11 is 5.85. The lowest BCUT2D eigenvalue weighted by molar-refractivity contribution is -0.121. The molecule has 0 spiro atoms. The Labute approximate surface area is 142 Å². The predicted octanol–water partition coefficient (Wildman–Crippen LogP) is 1.62. The van der Waals surface area contributed by atoms with Crippen molar-refractivity contribution in [3.63, 3.8) is 0 Å². The number of rotatable bonds is 6. The summed E-state index contributed by atoms with van der Waals surface area (Å²) in [7, 11) is -3.62. The van der Waals surface area contributed by atoms with Crippen LogP contribution in [0.3, 0.4) is 0 Å². The number of carbonyl (C=O) groups is 1. The molecule has 23 heavy (non-hydrogen) atoms. The highest BCUT2D eigenvalue weighted by atomic mass is 35.5. The van der Waals surface area contributed by atoms with Gasteiger partial charge < -0.3 is 5.32 Å². The zero-order valence-corrected chi connectivity index (χ0v) is 14.7. The number of nitrogens with one attached hydrogen (secondary N) is 1. The predicted molar refractivity (Wildman–Crippen MR) is 90.3 cm³/mol. The number of amides is 1. The van der Waals surface area contributed by atoms with Crippen LogP contribution < -0.4 is 5.32 Å². The summed E-state index contributed by atoms with van der Waals surface area (Å²) in [5.74, 6) is -0.260. The van der Waals surface area contributed by atoms with Gasteiger partial charge in [-0.25, -0.2) is 0 Å². The molecule has 1 aliphatic rings. The largest absolute Gasteiger partial charge is 0.355 e. The summed E-state index contributed by atoms with van der Waals surface area (Å²) in [6.45, 7) is 3.50. The Kier molecular flexibility index (Phi) is 6.41. The van der Waals surface area contributed by atoms with Gasteiger partial charge in [0.2, 0.25) is 5.91 Å². The fraction of sp³-hybridized carbons (Fsp3) is 0.533. The van der Waals surface area contributed by atoms with Crippen LogP contribution in [0.4, 0.5) is 0 Å². The summed E-state index contributed by atoms with van der Waals surface area (Å²) in [5.41, 5.74) is 0.871. The van der Waals surface area contributed by atoms with Crippen LogP contribution in [0.1, 0.15) is 25.3 Å². The monoisotopic (exact) mass is 359 g/mol. The number of benzene rings is 1. The van der Waals surface area contributed by atoms with Crippen molar-refractivity contribution in [3.8, 4) is 0 Å². The van der Waals surface area contributed by atoms with Crippen LogP contribution in [0.2, 0.25) is 5.02 Å². The molecule has 0 bridgehead atoms. The van der Waals surface area contributed by atoms with E-state index in [1.165, 1.54) is 8.61 Å². The third kappa shape index (κ3) is 4.91. The first kappa shape index (κ1) is 18.2. The van der Waals surface area contributed by atoms with Gasteiger partial charge in [0, 0.05) is 31.2 Å². The molecule has 0 saturated carbocycles. The van der Waals surface area contributed by atoms with Crippen LogP contribution in [-0.4, -0.2) is 49.1 Å². The molecule has 0 aromatic heterocycles. The SMILES string of the molecule is CCCNC(=O)CN1CCCN(Cc2ccc(Cl)cc2)S1(=O)=O. The van der Waals surface area contributed by atoms with Gasteiger partial charge in [-0.2, -0.15) is 17.0 Å². The third-order valence-corrected chi connectivity index (χ3v) is 5.81. The molecule has 2 rings (SSSR count). The molecule has 6 nitrogen and oxygen atoms in total. The zero-order valence-electron chi connectivity index (χ0n) is 13.2. The number of hydrogen-bond donors (Lipinski definition) is 1. The average molecular weight is 360 g/mol. The topological polar surface area (TPSA) is 69.7 Å². The fourth-order valence-corrected chi connectivity index (χ4v) is 4.18. The molecule has 1 aliphatic heterocycles. The molecule has 1 heterocycles. The molecule has 0 radical (unpaired) electrons. The van der Waals surface area contributed by atoms with Crippen LogP contribution in [0.15, 0.2) is 24.3 Å². The molecule has 1 fully saturated rings. The normalized spacial score (nSPS) is 18.7. The highest BCUT2D eigenvalue weighted by molar-refractivity contribution is 7.86. The van der Waals surface area contributed by atoms with E-state index in [9.17, 15) is 13.2 Å². The van der Waals surface area contributed by atoms with Crippen molar-refractivity contribution in [2.45, 2.75) is 26.3 Å². The molecule has 0 aliphatic carbocycles. The number of hydrogen-bond acceptors (Lipinski definition) is 3. The van der Waals surface area contributed by atoms with Gasteiger partial charge in [0.1, 0.15) is 0 Å². The Morgan fingerprint density at radius 3 is 2.52 bits per heavy atom. The van der Waals surface area contributed by atoms with Crippen molar-refractivity contribution >= 4 is 27.7 Å². The maximum absolute atomic E-state index is 12.6. The molecule has 8 heteroatoms. The molecule has 1 N–H and O–H groups in total. The molecule has 0 atom stereocenters. The van der Waals surface area contributed by atoms with Crippen LogP contribution in [-0.2, 0) is 21.5 Å². The maximum atomic E-state index is 12.6. The van der Waals surface area contributed by atoms with Crippen molar-refractivity contribution < 1.29 is 13.2 Å². The van der Waals surface area contributed by atoms with E-state index in [1.807, 2.05) is 19.1 Å². The van der Waals surface area contributed by atoms with Gasteiger partial charge in [0.05, 0.1) is 6.54 Å². The number of halogens is 1. The first-order chi connectivity index (χ1) is 10.9. The van der Waals surface area contributed by atoms with Crippen molar-refractivity contribution in [3.05, 3.63) is 34.9 Å². The molecular formula is C15H22ClN3O3S. The van der Waals surface area contributed by atoms with Crippen molar-refractivity contribution in [2.75, 3.05) is 26.2 Å². The standard InChI is InChI=1S/C15H22ClN3O3S/c1-2-8-17-15(20)12-19-10-3-9-18(23(19,21)22)11-13-4-6-14(16)7-5-13/h4-7H,2-3,8-12H2,1H3,(H,17,20). The number of nitrogens with zero attached hydrogens (tertiary/aromatic N) is 2. The van der Waals surface area contributed by atoms with Crippen LogP contribution in [0, 0.1) is 0 Å². The number of carbonyl (C=O) groups excluding carboxylic acids is 1. The van der Waals surface area contributed by atoms with Crippen LogP contribution >= 0.6 is 11.6 Å². The second-order valence-electron chi connectivity index (χ2n) is 5.50. The summed E-state index contributed by atoms with van der Waals surface area (Å²) < 4.78 is 27.9.